The van der Waals surface area contributed by atoms with E-state index in [1.54, 1.807) is 22.6 Å². The number of nitrogens with zero attached hydrogens (tertiary/aromatic N) is 2. The molecule has 0 saturated carbocycles. The van der Waals surface area contributed by atoms with Crippen LogP contribution in [-0.4, -0.2) is 43.4 Å². The first-order valence-corrected chi connectivity index (χ1v) is 9.56. The lowest BCUT2D eigenvalue weighted by Crippen LogP contribution is -2.42. The Morgan fingerprint density at radius 2 is 2.22 bits per heavy atom. The second-order valence-corrected chi connectivity index (χ2v) is 7.96. The first-order valence-electron chi connectivity index (χ1n) is 8.12. The van der Waals surface area contributed by atoms with Gasteiger partial charge in [0.15, 0.2) is 0 Å². The first-order chi connectivity index (χ1) is 11.0. The molecule has 1 fully saturated rings. The van der Waals surface area contributed by atoms with E-state index in [-0.39, 0.29) is 6.04 Å². The lowest BCUT2D eigenvalue weighted by atomic mass is 10.2. The molecular formula is C17H23N3O2S. The lowest BCUT2D eigenvalue weighted by molar-refractivity contribution is 0.335. The van der Waals surface area contributed by atoms with Crippen LogP contribution in [0.5, 0.6) is 0 Å². The lowest BCUT2D eigenvalue weighted by Gasteiger charge is -2.27. The number of fused-ring (bicyclic) bond motifs is 1. The van der Waals surface area contributed by atoms with Crippen LogP contribution in [0.3, 0.4) is 0 Å². The van der Waals surface area contributed by atoms with Gasteiger partial charge in [-0.1, -0.05) is 19.1 Å². The SMILES string of the molecule is CCCN(C1CCNC1)S(=O)(=O)c1cccc2cc(C)cnc12. The van der Waals surface area contributed by atoms with Gasteiger partial charge in [0.05, 0.1) is 5.52 Å². The van der Waals surface area contributed by atoms with Crippen molar-refractivity contribution in [3.8, 4) is 0 Å². The highest BCUT2D eigenvalue weighted by atomic mass is 32.2. The Labute approximate surface area is 137 Å². The Morgan fingerprint density at radius 1 is 1.39 bits per heavy atom. The fourth-order valence-electron chi connectivity index (χ4n) is 3.18. The van der Waals surface area contributed by atoms with Gasteiger partial charge in [-0.15, -0.1) is 0 Å². The minimum atomic E-state index is -3.56. The quantitative estimate of drug-likeness (QED) is 0.912. The third-order valence-electron chi connectivity index (χ3n) is 4.28. The van der Waals surface area contributed by atoms with Crippen molar-refractivity contribution in [1.82, 2.24) is 14.6 Å². The zero-order valence-electron chi connectivity index (χ0n) is 13.6. The number of nitrogens with one attached hydrogen (secondary N) is 1. The molecule has 2 aromatic rings. The van der Waals surface area contributed by atoms with E-state index in [1.807, 2.05) is 26.0 Å². The van der Waals surface area contributed by atoms with Crippen LogP contribution in [0.15, 0.2) is 35.4 Å². The van der Waals surface area contributed by atoms with E-state index >= 15 is 0 Å². The molecule has 0 aliphatic carbocycles. The summed E-state index contributed by atoms with van der Waals surface area (Å²) in [6, 6.07) is 7.39. The van der Waals surface area contributed by atoms with Gasteiger partial charge in [0.25, 0.3) is 0 Å². The number of para-hydroxylation sites is 1. The topological polar surface area (TPSA) is 62.3 Å². The van der Waals surface area contributed by atoms with Crippen molar-refractivity contribution >= 4 is 20.9 Å². The van der Waals surface area contributed by atoms with Crippen LogP contribution in [0.25, 0.3) is 10.9 Å². The van der Waals surface area contributed by atoms with Crippen LogP contribution in [-0.2, 0) is 10.0 Å². The first kappa shape index (κ1) is 16.4. The Balaban J connectivity index is 2.10. The van der Waals surface area contributed by atoms with Crippen LogP contribution in [0, 0.1) is 6.92 Å². The summed E-state index contributed by atoms with van der Waals surface area (Å²) in [4.78, 5) is 4.71. The van der Waals surface area contributed by atoms with Gasteiger partial charge in [0.2, 0.25) is 10.0 Å². The number of aryl methyl sites for hydroxylation is 1. The molecule has 1 aromatic heterocycles. The van der Waals surface area contributed by atoms with E-state index in [2.05, 4.69) is 10.3 Å². The molecule has 1 N–H and O–H groups in total. The summed E-state index contributed by atoms with van der Waals surface area (Å²) in [7, 11) is -3.56. The van der Waals surface area contributed by atoms with Gasteiger partial charge in [-0.3, -0.25) is 4.98 Å². The molecule has 0 amide bonds. The summed E-state index contributed by atoms with van der Waals surface area (Å²) < 4.78 is 28.2. The number of benzene rings is 1. The molecule has 0 bridgehead atoms. The molecule has 5 nitrogen and oxygen atoms in total. The summed E-state index contributed by atoms with van der Waals surface area (Å²) >= 11 is 0. The molecule has 3 rings (SSSR count). The summed E-state index contributed by atoms with van der Waals surface area (Å²) in [5, 5.41) is 4.13. The van der Waals surface area contributed by atoms with E-state index in [4.69, 9.17) is 0 Å². The van der Waals surface area contributed by atoms with E-state index in [1.165, 1.54) is 0 Å². The van der Waals surface area contributed by atoms with Crippen molar-refractivity contribution in [1.29, 1.82) is 0 Å². The van der Waals surface area contributed by atoms with Crippen LogP contribution in [0.4, 0.5) is 0 Å². The number of aromatic nitrogens is 1. The third-order valence-corrected chi connectivity index (χ3v) is 6.27. The van der Waals surface area contributed by atoms with E-state index < -0.39 is 10.0 Å². The van der Waals surface area contributed by atoms with E-state index in [9.17, 15) is 8.42 Å². The van der Waals surface area contributed by atoms with Crippen molar-refractivity contribution in [2.75, 3.05) is 19.6 Å². The van der Waals surface area contributed by atoms with Crippen LogP contribution >= 0.6 is 0 Å². The number of rotatable bonds is 5. The van der Waals surface area contributed by atoms with Gasteiger partial charge >= 0.3 is 0 Å². The average Bonchev–Trinajstić information content (AvgIpc) is 3.05. The predicted molar refractivity (Wildman–Crippen MR) is 91.9 cm³/mol. The smallest absolute Gasteiger partial charge is 0.245 e. The maximum atomic E-state index is 13.3. The molecule has 1 aliphatic heterocycles. The summed E-state index contributed by atoms with van der Waals surface area (Å²) in [6.07, 6.45) is 3.38. The molecule has 0 spiro atoms. The van der Waals surface area contributed by atoms with Crippen LogP contribution in [0.2, 0.25) is 0 Å². The Morgan fingerprint density at radius 3 is 2.91 bits per heavy atom. The maximum absolute atomic E-state index is 13.3. The summed E-state index contributed by atoms with van der Waals surface area (Å²) in [5.74, 6) is 0. The standard InChI is InChI=1S/C17H23N3O2S/c1-3-9-20(15-7-8-18-12-15)23(21,22)16-6-4-5-14-10-13(2)11-19-17(14)16/h4-6,10-11,15,18H,3,7-9,12H2,1-2H3. The summed E-state index contributed by atoms with van der Waals surface area (Å²) in [5.41, 5.74) is 1.59. The fraction of sp³-hybridized carbons (Fsp3) is 0.471. The molecule has 124 valence electrons. The fourth-order valence-corrected chi connectivity index (χ4v) is 5.10. The molecule has 2 heterocycles. The molecule has 1 atom stereocenters. The highest BCUT2D eigenvalue weighted by molar-refractivity contribution is 7.89. The minimum absolute atomic E-state index is 0.0284. The van der Waals surface area contributed by atoms with E-state index in [0.717, 1.165) is 36.9 Å². The van der Waals surface area contributed by atoms with Gasteiger partial charge < -0.3 is 5.32 Å². The summed E-state index contributed by atoms with van der Waals surface area (Å²) in [6.45, 7) is 6.09. The Bertz CT molecular complexity index is 799. The van der Waals surface area contributed by atoms with Crippen molar-refractivity contribution in [3.05, 3.63) is 36.0 Å². The van der Waals surface area contributed by atoms with Crippen molar-refractivity contribution in [2.45, 2.75) is 37.6 Å². The number of sulfonamides is 1. The van der Waals surface area contributed by atoms with Gasteiger partial charge in [-0.05, 0) is 44.0 Å². The second kappa shape index (κ2) is 6.55. The maximum Gasteiger partial charge on any atom is 0.245 e. The minimum Gasteiger partial charge on any atom is -0.315 e. The molecular weight excluding hydrogens is 310 g/mol. The van der Waals surface area contributed by atoms with Crippen molar-refractivity contribution in [3.63, 3.8) is 0 Å². The third kappa shape index (κ3) is 3.11. The van der Waals surface area contributed by atoms with Crippen LogP contribution in [0.1, 0.15) is 25.3 Å². The Kier molecular flexibility index (Phi) is 4.66. The zero-order chi connectivity index (χ0) is 16.4. The van der Waals surface area contributed by atoms with E-state index in [0.29, 0.717) is 17.0 Å². The Hall–Kier alpha value is -1.50. The van der Waals surface area contributed by atoms with Gasteiger partial charge in [-0.2, -0.15) is 4.31 Å². The molecule has 6 heteroatoms. The molecule has 1 saturated heterocycles. The second-order valence-electron chi connectivity index (χ2n) is 6.10. The number of hydrogen-bond acceptors (Lipinski definition) is 4. The van der Waals surface area contributed by atoms with Gasteiger partial charge in [-0.25, -0.2) is 8.42 Å². The molecule has 1 unspecified atom stereocenters. The largest absolute Gasteiger partial charge is 0.315 e. The molecule has 23 heavy (non-hydrogen) atoms. The highest BCUT2D eigenvalue weighted by Crippen LogP contribution is 2.27. The van der Waals surface area contributed by atoms with Gasteiger partial charge in [0, 0.05) is 30.7 Å². The highest BCUT2D eigenvalue weighted by Gasteiger charge is 2.33. The average molecular weight is 333 g/mol. The van der Waals surface area contributed by atoms with Crippen molar-refractivity contribution < 1.29 is 8.42 Å². The van der Waals surface area contributed by atoms with Crippen molar-refractivity contribution in [2.24, 2.45) is 0 Å². The number of hydrogen-bond donors (Lipinski definition) is 1. The number of pyridine rings is 1. The van der Waals surface area contributed by atoms with Crippen LogP contribution < -0.4 is 5.32 Å². The molecule has 1 aliphatic rings. The molecule has 0 radical (unpaired) electrons. The normalized spacial score (nSPS) is 18.8. The van der Waals surface area contributed by atoms with Gasteiger partial charge in [0.1, 0.15) is 4.90 Å². The predicted octanol–water partition coefficient (Wildman–Crippen LogP) is 2.31. The monoisotopic (exact) mass is 333 g/mol. The zero-order valence-corrected chi connectivity index (χ0v) is 14.4. The molecule has 1 aromatic carbocycles.